The van der Waals surface area contributed by atoms with Crippen molar-refractivity contribution in [3.8, 4) is 0 Å². The Morgan fingerprint density at radius 2 is 2.14 bits per heavy atom. The van der Waals surface area contributed by atoms with Gasteiger partial charge in [0.2, 0.25) is 5.91 Å². The predicted molar refractivity (Wildman–Crippen MR) is 112 cm³/mol. The Bertz CT molecular complexity index is 1020. The zero-order chi connectivity index (χ0) is 19.7. The van der Waals surface area contributed by atoms with Crippen molar-refractivity contribution in [3.63, 3.8) is 0 Å². The summed E-state index contributed by atoms with van der Waals surface area (Å²) >= 11 is 1.69. The molecule has 1 atom stereocenters. The minimum atomic E-state index is -0.284. The number of benzene rings is 2. The van der Waals surface area contributed by atoms with Crippen LogP contribution >= 0.6 is 11.3 Å². The third kappa shape index (κ3) is 3.87. The molecule has 1 amide bonds. The van der Waals surface area contributed by atoms with E-state index < -0.39 is 0 Å². The summed E-state index contributed by atoms with van der Waals surface area (Å²) < 4.78 is 15.0. The second-order valence-electron chi connectivity index (χ2n) is 7.52. The number of amides is 1. The number of halogens is 1. The van der Waals surface area contributed by atoms with Crippen LogP contribution < -0.4 is 10.2 Å². The molecule has 4 nitrogen and oxygen atoms in total. The number of piperidine rings is 1. The van der Waals surface area contributed by atoms with Gasteiger partial charge in [0, 0.05) is 25.2 Å². The second-order valence-corrected chi connectivity index (χ2v) is 8.53. The SMILES string of the molecule is Cc1cc(C)c2nc(N3CCC[C@@H](C(=O)NCc4ccccc4F)C3)sc2c1. The van der Waals surface area contributed by atoms with Crippen molar-refractivity contribution < 1.29 is 9.18 Å². The van der Waals surface area contributed by atoms with E-state index in [0.29, 0.717) is 12.1 Å². The monoisotopic (exact) mass is 397 g/mol. The molecule has 1 fully saturated rings. The molecule has 146 valence electrons. The molecule has 0 bridgehead atoms. The average molecular weight is 398 g/mol. The first kappa shape index (κ1) is 18.9. The van der Waals surface area contributed by atoms with Crippen molar-refractivity contribution in [2.75, 3.05) is 18.0 Å². The fraction of sp³-hybridized carbons (Fsp3) is 0.364. The molecule has 2 aromatic carbocycles. The van der Waals surface area contributed by atoms with Crippen LogP contribution in [0.25, 0.3) is 10.2 Å². The third-order valence-corrected chi connectivity index (χ3v) is 6.36. The summed E-state index contributed by atoms with van der Waals surface area (Å²) in [6.07, 6.45) is 1.80. The number of thiazole rings is 1. The normalized spacial score (nSPS) is 17.1. The van der Waals surface area contributed by atoms with Gasteiger partial charge in [-0.25, -0.2) is 9.37 Å². The number of hydrogen-bond donors (Lipinski definition) is 1. The number of aromatic nitrogens is 1. The van der Waals surface area contributed by atoms with E-state index in [1.807, 2.05) is 0 Å². The number of rotatable bonds is 4. The third-order valence-electron chi connectivity index (χ3n) is 5.29. The maximum absolute atomic E-state index is 13.8. The van der Waals surface area contributed by atoms with Crippen molar-refractivity contribution in [2.24, 2.45) is 5.92 Å². The lowest BCUT2D eigenvalue weighted by Gasteiger charge is -2.31. The van der Waals surface area contributed by atoms with E-state index in [1.165, 1.54) is 21.9 Å². The number of hydrogen-bond acceptors (Lipinski definition) is 4. The molecular formula is C22H24FN3OS. The molecule has 4 rings (SSSR count). The summed E-state index contributed by atoms with van der Waals surface area (Å²) in [6, 6.07) is 10.9. The van der Waals surface area contributed by atoms with Gasteiger partial charge in [-0.05, 0) is 49.9 Å². The Hall–Kier alpha value is -2.47. The second kappa shape index (κ2) is 7.87. The van der Waals surface area contributed by atoms with Gasteiger partial charge < -0.3 is 10.2 Å². The number of fused-ring (bicyclic) bond motifs is 1. The van der Waals surface area contributed by atoms with E-state index in [0.717, 1.165) is 30.0 Å². The number of nitrogens with zero attached hydrogens (tertiary/aromatic N) is 2. The first-order valence-corrected chi connectivity index (χ1v) is 10.5. The molecule has 1 N–H and O–H groups in total. The van der Waals surface area contributed by atoms with Crippen molar-refractivity contribution in [2.45, 2.75) is 33.2 Å². The molecule has 1 aliphatic rings. The van der Waals surface area contributed by atoms with E-state index in [2.05, 4.69) is 36.2 Å². The van der Waals surface area contributed by atoms with Crippen LogP contribution in [0.15, 0.2) is 36.4 Å². The molecule has 2 heterocycles. The van der Waals surface area contributed by atoms with Crippen LogP contribution in [-0.2, 0) is 11.3 Å². The average Bonchev–Trinajstić information content (AvgIpc) is 3.12. The summed E-state index contributed by atoms with van der Waals surface area (Å²) in [5, 5.41) is 3.88. The van der Waals surface area contributed by atoms with Crippen LogP contribution in [0.2, 0.25) is 0 Å². The minimum Gasteiger partial charge on any atom is -0.352 e. The van der Waals surface area contributed by atoms with Gasteiger partial charge in [-0.1, -0.05) is 35.6 Å². The van der Waals surface area contributed by atoms with Crippen LogP contribution in [0.5, 0.6) is 0 Å². The van der Waals surface area contributed by atoms with Crippen LogP contribution in [0, 0.1) is 25.6 Å². The molecule has 0 spiro atoms. The Kier molecular flexibility index (Phi) is 5.31. The number of aryl methyl sites for hydroxylation is 2. The van der Waals surface area contributed by atoms with Crippen LogP contribution in [0.1, 0.15) is 29.5 Å². The zero-order valence-electron chi connectivity index (χ0n) is 16.2. The summed E-state index contributed by atoms with van der Waals surface area (Å²) in [7, 11) is 0. The topological polar surface area (TPSA) is 45.2 Å². The quantitative estimate of drug-likeness (QED) is 0.701. The Balaban J connectivity index is 1.45. The molecule has 6 heteroatoms. The molecular weight excluding hydrogens is 373 g/mol. The maximum Gasteiger partial charge on any atom is 0.225 e. The lowest BCUT2D eigenvalue weighted by atomic mass is 9.97. The van der Waals surface area contributed by atoms with Gasteiger partial charge in [-0.2, -0.15) is 0 Å². The van der Waals surface area contributed by atoms with Crippen molar-refractivity contribution in [1.29, 1.82) is 0 Å². The van der Waals surface area contributed by atoms with Gasteiger partial charge in [0.05, 0.1) is 16.1 Å². The standard InChI is InChI=1S/C22H24FN3OS/c1-14-10-15(2)20-19(11-14)28-22(25-20)26-9-5-7-17(13-26)21(27)24-12-16-6-3-4-8-18(16)23/h3-4,6,8,10-11,17H,5,7,9,12-13H2,1-2H3,(H,24,27)/t17-/m1/s1. The first-order chi connectivity index (χ1) is 13.5. The van der Waals surface area contributed by atoms with E-state index >= 15 is 0 Å². The first-order valence-electron chi connectivity index (χ1n) is 9.65. The largest absolute Gasteiger partial charge is 0.352 e. The highest BCUT2D eigenvalue weighted by atomic mass is 32.1. The lowest BCUT2D eigenvalue weighted by molar-refractivity contribution is -0.125. The molecule has 3 aromatic rings. The van der Waals surface area contributed by atoms with Crippen molar-refractivity contribution >= 4 is 32.6 Å². The highest BCUT2D eigenvalue weighted by molar-refractivity contribution is 7.22. The van der Waals surface area contributed by atoms with Crippen LogP contribution in [-0.4, -0.2) is 24.0 Å². The van der Waals surface area contributed by atoms with Gasteiger partial charge in [-0.3, -0.25) is 4.79 Å². The Morgan fingerprint density at radius 1 is 1.32 bits per heavy atom. The summed E-state index contributed by atoms with van der Waals surface area (Å²) in [5.41, 5.74) is 4.00. The predicted octanol–water partition coefficient (Wildman–Crippen LogP) is 4.59. The lowest BCUT2D eigenvalue weighted by Crippen LogP contribution is -2.43. The van der Waals surface area contributed by atoms with E-state index in [9.17, 15) is 9.18 Å². The summed E-state index contributed by atoms with van der Waals surface area (Å²) in [6.45, 7) is 5.98. The molecule has 0 radical (unpaired) electrons. The number of anilines is 1. The fourth-order valence-electron chi connectivity index (χ4n) is 3.83. The van der Waals surface area contributed by atoms with Crippen LogP contribution in [0.4, 0.5) is 9.52 Å². The molecule has 1 aliphatic heterocycles. The smallest absolute Gasteiger partial charge is 0.225 e. The molecule has 1 saturated heterocycles. The van der Waals surface area contributed by atoms with Gasteiger partial charge in [0.15, 0.2) is 5.13 Å². The van der Waals surface area contributed by atoms with Gasteiger partial charge in [0.25, 0.3) is 0 Å². The molecule has 0 unspecified atom stereocenters. The summed E-state index contributed by atoms with van der Waals surface area (Å²) in [5.74, 6) is -0.398. The van der Waals surface area contributed by atoms with Crippen molar-refractivity contribution in [1.82, 2.24) is 10.3 Å². The van der Waals surface area contributed by atoms with E-state index in [-0.39, 0.29) is 24.2 Å². The molecule has 1 aromatic heterocycles. The Labute approximate surface area is 168 Å². The Morgan fingerprint density at radius 3 is 2.96 bits per heavy atom. The number of carbonyl (C=O) groups is 1. The minimum absolute atomic E-state index is 0.0129. The molecule has 28 heavy (non-hydrogen) atoms. The number of nitrogens with one attached hydrogen (secondary N) is 1. The zero-order valence-corrected chi connectivity index (χ0v) is 17.0. The fourth-order valence-corrected chi connectivity index (χ4v) is 5.00. The highest BCUT2D eigenvalue weighted by Crippen LogP contribution is 2.33. The van der Waals surface area contributed by atoms with Crippen molar-refractivity contribution in [3.05, 3.63) is 58.9 Å². The molecule has 0 aliphatic carbocycles. The van der Waals surface area contributed by atoms with E-state index in [1.54, 1.807) is 29.5 Å². The van der Waals surface area contributed by atoms with Crippen LogP contribution in [0.3, 0.4) is 0 Å². The highest BCUT2D eigenvalue weighted by Gasteiger charge is 2.27. The van der Waals surface area contributed by atoms with Gasteiger partial charge >= 0.3 is 0 Å². The number of carbonyl (C=O) groups excluding carboxylic acids is 1. The maximum atomic E-state index is 13.8. The summed E-state index contributed by atoms with van der Waals surface area (Å²) in [4.78, 5) is 19.7. The van der Waals surface area contributed by atoms with Gasteiger partial charge in [-0.15, -0.1) is 0 Å². The van der Waals surface area contributed by atoms with Gasteiger partial charge in [0.1, 0.15) is 5.82 Å². The molecule has 0 saturated carbocycles. The van der Waals surface area contributed by atoms with E-state index in [4.69, 9.17) is 4.98 Å².